The van der Waals surface area contributed by atoms with E-state index in [1.165, 1.54) is 0 Å². The van der Waals surface area contributed by atoms with E-state index in [1.54, 1.807) is 0 Å². The average molecular weight is 339 g/mol. The molecule has 3 N–H and O–H groups in total. The Bertz CT molecular complexity index is 675. The third-order valence-electron chi connectivity index (χ3n) is 3.01. The standard InChI is InChI=1S/C13H15BrN4O2/c1-13(2,8-4-3-5-9(14)6-8)7-15-11(19)10-16-12(20)18-17-10/h3-6H,7H2,1-2H3,(H,15,19)(H2,16,17,18,20). The van der Waals surface area contributed by atoms with E-state index in [-0.39, 0.29) is 11.2 Å². The number of aromatic nitrogens is 3. The summed E-state index contributed by atoms with van der Waals surface area (Å²) in [5, 5.41) is 8.51. The van der Waals surface area contributed by atoms with Crippen LogP contribution in [0.5, 0.6) is 0 Å². The first-order chi connectivity index (χ1) is 9.38. The van der Waals surface area contributed by atoms with Crippen molar-refractivity contribution in [1.82, 2.24) is 20.5 Å². The Morgan fingerprint density at radius 1 is 1.45 bits per heavy atom. The molecule has 0 saturated heterocycles. The summed E-state index contributed by atoms with van der Waals surface area (Å²) in [5.74, 6) is -0.425. The van der Waals surface area contributed by atoms with Crippen molar-refractivity contribution in [3.8, 4) is 0 Å². The van der Waals surface area contributed by atoms with Gasteiger partial charge in [-0.2, -0.15) is 0 Å². The summed E-state index contributed by atoms with van der Waals surface area (Å²) in [7, 11) is 0. The van der Waals surface area contributed by atoms with Gasteiger partial charge in [0.1, 0.15) is 0 Å². The topological polar surface area (TPSA) is 90.6 Å². The van der Waals surface area contributed by atoms with Crippen LogP contribution in [-0.2, 0) is 5.41 Å². The number of aromatic amines is 2. The van der Waals surface area contributed by atoms with Crippen molar-refractivity contribution in [3.63, 3.8) is 0 Å². The number of hydrogen-bond acceptors (Lipinski definition) is 3. The molecule has 1 heterocycles. The summed E-state index contributed by atoms with van der Waals surface area (Å²) in [6.45, 7) is 4.49. The highest BCUT2D eigenvalue weighted by Crippen LogP contribution is 2.25. The van der Waals surface area contributed by atoms with Crippen LogP contribution in [0.3, 0.4) is 0 Å². The molecule has 0 atom stereocenters. The second-order valence-electron chi connectivity index (χ2n) is 5.10. The first-order valence-electron chi connectivity index (χ1n) is 6.07. The number of nitrogens with one attached hydrogen (secondary N) is 3. The summed E-state index contributed by atoms with van der Waals surface area (Å²) in [6, 6.07) is 7.93. The zero-order valence-electron chi connectivity index (χ0n) is 11.2. The minimum atomic E-state index is -0.499. The van der Waals surface area contributed by atoms with E-state index in [9.17, 15) is 9.59 Å². The fourth-order valence-corrected chi connectivity index (χ4v) is 2.17. The Kier molecular flexibility index (Phi) is 4.08. The van der Waals surface area contributed by atoms with Crippen LogP contribution in [-0.4, -0.2) is 27.6 Å². The molecule has 0 aliphatic heterocycles. The number of amides is 1. The summed E-state index contributed by atoms with van der Waals surface area (Å²) in [5.41, 5.74) is 0.361. The summed E-state index contributed by atoms with van der Waals surface area (Å²) in [4.78, 5) is 25.0. The number of H-pyrrole nitrogens is 2. The Hall–Kier alpha value is -1.89. The molecular formula is C13H15BrN4O2. The normalized spacial score (nSPS) is 11.3. The molecule has 0 radical (unpaired) electrons. The minimum absolute atomic E-state index is 0.0138. The van der Waals surface area contributed by atoms with Gasteiger partial charge in [0.2, 0.25) is 5.82 Å². The summed E-state index contributed by atoms with van der Waals surface area (Å²) in [6.07, 6.45) is 0. The van der Waals surface area contributed by atoms with Crippen molar-refractivity contribution in [2.24, 2.45) is 0 Å². The summed E-state index contributed by atoms with van der Waals surface area (Å²) >= 11 is 3.43. The molecule has 1 aromatic heterocycles. The van der Waals surface area contributed by atoms with E-state index in [1.807, 2.05) is 38.1 Å². The van der Waals surface area contributed by atoms with Crippen LogP contribution in [0.1, 0.15) is 30.0 Å². The third kappa shape index (κ3) is 3.36. The van der Waals surface area contributed by atoms with Crippen LogP contribution in [0.4, 0.5) is 0 Å². The lowest BCUT2D eigenvalue weighted by atomic mass is 9.84. The van der Waals surface area contributed by atoms with Crippen LogP contribution >= 0.6 is 15.9 Å². The Balaban J connectivity index is 2.05. The maximum absolute atomic E-state index is 11.8. The predicted molar refractivity (Wildman–Crippen MR) is 78.7 cm³/mol. The van der Waals surface area contributed by atoms with Gasteiger partial charge in [0, 0.05) is 16.4 Å². The number of rotatable bonds is 4. The highest BCUT2D eigenvalue weighted by atomic mass is 79.9. The number of carbonyl (C=O) groups is 1. The maximum atomic E-state index is 11.8. The van der Waals surface area contributed by atoms with Crippen LogP contribution in [0.2, 0.25) is 0 Å². The second-order valence-corrected chi connectivity index (χ2v) is 6.02. The smallest absolute Gasteiger partial charge is 0.341 e. The van der Waals surface area contributed by atoms with Gasteiger partial charge in [0.05, 0.1) is 0 Å². The van der Waals surface area contributed by atoms with E-state index in [0.29, 0.717) is 6.54 Å². The number of nitrogens with zero attached hydrogens (tertiary/aromatic N) is 1. The van der Waals surface area contributed by atoms with Crippen molar-refractivity contribution >= 4 is 21.8 Å². The van der Waals surface area contributed by atoms with Crippen LogP contribution in [0.15, 0.2) is 33.5 Å². The van der Waals surface area contributed by atoms with Gasteiger partial charge >= 0.3 is 5.69 Å². The molecule has 0 aliphatic rings. The molecule has 0 bridgehead atoms. The lowest BCUT2D eigenvalue weighted by Crippen LogP contribution is -2.37. The maximum Gasteiger partial charge on any atom is 0.341 e. The molecule has 0 spiro atoms. The lowest BCUT2D eigenvalue weighted by molar-refractivity contribution is 0.0935. The second kappa shape index (κ2) is 5.62. The molecule has 20 heavy (non-hydrogen) atoms. The SMILES string of the molecule is CC(C)(CNC(=O)c1n[nH]c(=O)[nH]1)c1cccc(Br)c1. The quantitative estimate of drug-likeness (QED) is 0.790. The van der Waals surface area contributed by atoms with Crippen LogP contribution in [0.25, 0.3) is 0 Å². The van der Waals surface area contributed by atoms with Crippen molar-refractivity contribution in [1.29, 1.82) is 0 Å². The molecule has 0 fully saturated rings. The molecule has 0 saturated carbocycles. The van der Waals surface area contributed by atoms with Crippen LogP contribution < -0.4 is 11.0 Å². The molecule has 6 nitrogen and oxygen atoms in total. The third-order valence-corrected chi connectivity index (χ3v) is 3.51. The van der Waals surface area contributed by atoms with Crippen LogP contribution in [0, 0.1) is 0 Å². The Morgan fingerprint density at radius 2 is 2.20 bits per heavy atom. The van der Waals surface area contributed by atoms with E-state index in [0.717, 1.165) is 10.0 Å². The fraction of sp³-hybridized carbons (Fsp3) is 0.308. The van der Waals surface area contributed by atoms with E-state index in [4.69, 9.17) is 0 Å². The van der Waals surface area contributed by atoms with E-state index in [2.05, 4.69) is 36.4 Å². The van der Waals surface area contributed by atoms with Gasteiger partial charge in [-0.3, -0.25) is 9.78 Å². The van der Waals surface area contributed by atoms with Crippen molar-refractivity contribution in [2.75, 3.05) is 6.54 Å². The van der Waals surface area contributed by atoms with Gasteiger partial charge in [0.25, 0.3) is 5.91 Å². The monoisotopic (exact) mass is 338 g/mol. The molecule has 2 aromatic rings. The van der Waals surface area contributed by atoms with Gasteiger partial charge in [0.15, 0.2) is 0 Å². The van der Waals surface area contributed by atoms with Gasteiger partial charge in [-0.25, -0.2) is 9.89 Å². The fourth-order valence-electron chi connectivity index (χ4n) is 1.77. The Labute approximate surface area is 124 Å². The molecule has 0 aliphatic carbocycles. The highest BCUT2D eigenvalue weighted by molar-refractivity contribution is 9.10. The zero-order valence-corrected chi connectivity index (χ0v) is 12.7. The van der Waals surface area contributed by atoms with Gasteiger partial charge in [-0.1, -0.05) is 41.9 Å². The van der Waals surface area contributed by atoms with Gasteiger partial charge in [-0.15, -0.1) is 5.10 Å². The number of halogens is 1. The first-order valence-corrected chi connectivity index (χ1v) is 6.87. The Morgan fingerprint density at radius 3 is 2.80 bits per heavy atom. The van der Waals surface area contributed by atoms with Crippen molar-refractivity contribution < 1.29 is 4.79 Å². The average Bonchev–Trinajstić information content (AvgIpc) is 2.83. The molecule has 0 unspecified atom stereocenters. The lowest BCUT2D eigenvalue weighted by Gasteiger charge is -2.25. The molecule has 2 rings (SSSR count). The first kappa shape index (κ1) is 14.5. The largest absolute Gasteiger partial charge is 0.348 e. The highest BCUT2D eigenvalue weighted by Gasteiger charge is 2.22. The van der Waals surface area contributed by atoms with Crippen molar-refractivity contribution in [3.05, 3.63) is 50.6 Å². The zero-order chi connectivity index (χ0) is 14.8. The molecule has 7 heteroatoms. The van der Waals surface area contributed by atoms with Gasteiger partial charge < -0.3 is 5.32 Å². The molecule has 106 valence electrons. The number of carbonyl (C=O) groups excluding carboxylic acids is 1. The number of benzene rings is 1. The number of hydrogen-bond donors (Lipinski definition) is 3. The molecule has 1 amide bonds. The summed E-state index contributed by atoms with van der Waals surface area (Å²) < 4.78 is 0.992. The van der Waals surface area contributed by atoms with E-state index < -0.39 is 11.6 Å². The van der Waals surface area contributed by atoms with Crippen molar-refractivity contribution in [2.45, 2.75) is 19.3 Å². The predicted octanol–water partition coefficient (Wildman–Crippen LogP) is 1.57. The molecular weight excluding hydrogens is 324 g/mol. The molecule has 1 aromatic carbocycles. The minimum Gasteiger partial charge on any atom is -0.348 e. The van der Waals surface area contributed by atoms with Gasteiger partial charge in [-0.05, 0) is 17.7 Å². The van der Waals surface area contributed by atoms with E-state index >= 15 is 0 Å².